The number of rotatable bonds is 8. The van der Waals surface area contributed by atoms with Crippen molar-refractivity contribution in [3.63, 3.8) is 0 Å². The Morgan fingerprint density at radius 2 is 1.83 bits per heavy atom. The number of amides is 2. The maximum atomic E-state index is 13.2. The third-order valence-electron chi connectivity index (χ3n) is 5.16. The highest BCUT2D eigenvalue weighted by molar-refractivity contribution is 8.18. The van der Waals surface area contributed by atoms with Crippen molar-refractivity contribution in [3.8, 4) is 11.5 Å². The van der Waals surface area contributed by atoms with E-state index in [0.29, 0.717) is 39.5 Å². The Bertz CT molecular complexity index is 1310. The van der Waals surface area contributed by atoms with Gasteiger partial charge in [0.15, 0.2) is 23.3 Å². The van der Waals surface area contributed by atoms with Crippen LogP contribution in [-0.4, -0.2) is 42.1 Å². The van der Waals surface area contributed by atoms with E-state index in [1.54, 1.807) is 53.4 Å². The molecular formula is C27H24FN3O4S. The fourth-order valence-corrected chi connectivity index (χ4v) is 4.47. The normalized spacial score (nSPS) is 15.4. The quantitative estimate of drug-likeness (QED) is 0.411. The minimum atomic E-state index is -0.347. The average molecular weight is 506 g/mol. The Balaban J connectivity index is 1.47. The summed E-state index contributed by atoms with van der Waals surface area (Å²) in [5.41, 5.74) is 1.97. The van der Waals surface area contributed by atoms with E-state index < -0.39 is 0 Å². The van der Waals surface area contributed by atoms with Crippen molar-refractivity contribution < 1.29 is 23.5 Å². The molecule has 7 nitrogen and oxygen atoms in total. The van der Waals surface area contributed by atoms with Crippen LogP contribution >= 0.6 is 11.8 Å². The van der Waals surface area contributed by atoms with E-state index in [4.69, 9.17) is 9.47 Å². The highest BCUT2D eigenvalue weighted by atomic mass is 32.2. The van der Waals surface area contributed by atoms with Crippen LogP contribution < -0.4 is 14.8 Å². The summed E-state index contributed by atoms with van der Waals surface area (Å²) >= 11 is 1.25. The molecule has 0 saturated carbocycles. The van der Waals surface area contributed by atoms with E-state index >= 15 is 0 Å². The van der Waals surface area contributed by atoms with Crippen molar-refractivity contribution >= 4 is 46.2 Å². The lowest BCUT2D eigenvalue weighted by Crippen LogP contribution is -2.28. The molecule has 184 valence electrons. The predicted octanol–water partition coefficient (Wildman–Crippen LogP) is 5.48. The fraction of sp³-hybridized carbons (Fsp3) is 0.148. The second-order valence-corrected chi connectivity index (χ2v) is 8.65. The SMILES string of the molecule is CCN1C(=O)/C(=C\c2ccc(OCC(=O)Nc3ccccc3)c(OC)c2)SC1=Nc1ccc(F)cc1. The summed E-state index contributed by atoms with van der Waals surface area (Å²) in [6.45, 7) is 2.13. The zero-order chi connectivity index (χ0) is 25.5. The summed E-state index contributed by atoms with van der Waals surface area (Å²) in [6.07, 6.45) is 1.75. The van der Waals surface area contributed by atoms with Gasteiger partial charge in [-0.3, -0.25) is 14.5 Å². The lowest BCUT2D eigenvalue weighted by molar-refractivity contribution is -0.122. The lowest BCUT2D eigenvalue weighted by atomic mass is 10.2. The van der Waals surface area contributed by atoms with Crippen LogP contribution in [0, 0.1) is 5.82 Å². The number of nitrogens with zero attached hydrogens (tertiary/aromatic N) is 2. The Morgan fingerprint density at radius 1 is 1.08 bits per heavy atom. The summed E-state index contributed by atoms with van der Waals surface area (Å²) in [5, 5.41) is 3.28. The molecule has 2 amide bonds. The van der Waals surface area contributed by atoms with Gasteiger partial charge in [-0.25, -0.2) is 9.38 Å². The second kappa shape index (κ2) is 11.5. The number of methoxy groups -OCH3 is 1. The van der Waals surface area contributed by atoms with Gasteiger partial charge in [0.1, 0.15) is 5.82 Å². The van der Waals surface area contributed by atoms with Crippen molar-refractivity contribution in [3.05, 3.63) is 89.1 Å². The number of carbonyl (C=O) groups is 2. The molecule has 1 fully saturated rings. The number of aliphatic imine (C=N–C) groups is 1. The molecule has 0 aromatic heterocycles. The molecule has 1 N–H and O–H groups in total. The summed E-state index contributed by atoms with van der Waals surface area (Å²) in [7, 11) is 1.50. The molecule has 0 spiro atoms. The molecule has 1 saturated heterocycles. The molecule has 0 aliphatic carbocycles. The van der Waals surface area contributed by atoms with E-state index in [1.165, 1.54) is 31.0 Å². The number of para-hydroxylation sites is 1. The van der Waals surface area contributed by atoms with Crippen LogP contribution in [0.4, 0.5) is 15.8 Å². The first-order chi connectivity index (χ1) is 17.5. The first kappa shape index (κ1) is 25.0. The Labute approximate surface area is 212 Å². The number of carbonyl (C=O) groups excluding carboxylic acids is 2. The van der Waals surface area contributed by atoms with E-state index in [9.17, 15) is 14.0 Å². The van der Waals surface area contributed by atoms with Gasteiger partial charge in [-0.05, 0) is 78.9 Å². The number of hydrogen-bond donors (Lipinski definition) is 1. The van der Waals surface area contributed by atoms with Gasteiger partial charge < -0.3 is 14.8 Å². The molecule has 9 heteroatoms. The van der Waals surface area contributed by atoms with Crippen LogP contribution in [0.15, 0.2) is 82.7 Å². The van der Waals surface area contributed by atoms with Gasteiger partial charge in [-0.1, -0.05) is 24.3 Å². The van der Waals surface area contributed by atoms with E-state index in [1.807, 2.05) is 25.1 Å². The van der Waals surface area contributed by atoms with E-state index in [0.717, 1.165) is 5.56 Å². The first-order valence-electron chi connectivity index (χ1n) is 11.2. The highest BCUT2D eigenvalue weighted by Crippen LogP contribution is 2.35. The first-order valence-corrected chi connectivity index (χ1v) is 12.0. The number of thioether (sulfide) groups is 1. The van der Waals surface area contributed by atoms with Crippen molar-refractivity contribution in [1.82, 2.24) is 4.90 Å². The van der Waals surface area contributed by atoms with E-state index in [-0.39, 0.29) is 24.2 Å². The molecule has 36 heavy (non-hydrogen) atoms. The summed E-state index contributed by atoms with van der Waals surface area (Å²) in [6, 6.07) is 20.1. The second-order valence-electron chi connectivity index (χ2n) is 7.64. The summed E-state index contributed by atoms with van der Waals surface area (Å²) in [4.78, 5) is 31.7. The van der Waals surface area contributed by atoms with Gasteiger partial charge in [-0.15, -0.1) is 0 Å². The molecule has 3 aromatic carbocycles. The number of likely N-dealkylation sites (N-methyl/N-ethyl adjacent to an activating group) is 1. The van der Waals surface area contributed by atoms with Crippen LogP contribution in [0.25, 0.3) is 6.08 Å². The van der Waals surface area contributed by atoms with Gasteiger partial charge in [-0.2, -0.15) is 0 Å². The number of nitrogens with one attached hydrogen (secondary N) is 1. The van der Waals surface area contributed by atoms with E-state index in [2.05, 4.69) is 10.3 Å². The van der Waals surface area contributed by atoms with Crippen molar-refractivity contribution in [2.45, 2.75) is 6.92 Å². The van der Waals surface area contributed by atoms with Gasteiger partial charge in [0.2, 0.25) is 0 Å². The lowest BCUT2D eigenvalue weighted by Gasteiger charge is -2.12. The maximum Gasteiger partial charge on any atom is 0.266 e. The molecule has 4 rings (SSSR count). The largest absolute Gasteiger partial charge is 0.493 e. The monoisotopic (exact) mass is 505 g/mol. The summed E-state index contributed by atoms with van der Waals surface area (Å²) < 4.78 is 24.3. The van der Waals surface area contributed by atoms with Crippen LogP contribution in [0.2, 0.25) is 0 Å². The molecule has 1 aliphatic heterocycles. The van der Waals surface area contributed by atoms with Gasteiger partial charge in [0.05, 0.1) is 17.7 Å². The number of amidine groups is 1. The predicted molar refractivity (Wildman–Crippen MR) is 140 cm³/mol. The van der Waals surface area contributed by atoms with Gasteiger partial charge in [0.25, 0.3) is 11.8 Å². The third kappa shape index (κ3) is 6.11. The topological polar surface area (TPSA) is 80.2 Å². The number of benzene rings is 3. The smallest absolute Gasteiger partial charge is 0.266 e. The highest BCUT2D eigenvalue weighted by Gasteiger charge is 2.32. The molecule has 1 heterocycles. The molecule has 3 aromatic rings. The maximum absolute atomic E-state index is 13.2. The number of halogens is 1. The Kier molecular flexibility index (Phi) is 8.02. The van der Waals surface area contributed by atoms with Gasteiger partial charge >= 0.3 is 0 Å². The Morgan fingerprint density at radius 3 is 2.53 bits per heavy atom. The third-order valence-corrected chi connectivity index (χ3v) is 6.16. The molecule has 0 radical (unpaired) electrons. The minimum Gasteiger partial charge on any atom is -0.493 e. The minimum absolute atomic E-state index is 0.166. The van der Waals surface area contributed by atoms with Crippen LogP contribution in [0.3, 0.4) is 0 Å². The Hall–Kier alpha value is -4.11. The van der Waals surface area contributed by atoms with Crippen LogP contribution in [0.1, 0.15) is 12.5 Å². The molecule has 1 aliphatic rings. The standard InChI is InChI=1S/C27H24FN3O4S/c1-3-31-26(33)24(36-27(31)30-21-12-10-19(28)11-13-21)16-18-9-14-22(23(15-18)34-2)35-17-25(32)29-20-7-5-4-6-8-20/h4-16H,3,17H2,1-2H3,(H,29,32)/b24-16+,30-27?. The van der Waals surface area contributed by atoms with Gasteiger partial charge in [0, 0.05) is 12.2 Å². The molecular weight excluding hydrogens is 481 g/mol. The summed E-state index contributed by atoms with van der Waals surface area (Å²) in [5.74, 6) is 0.0253. The zero-order valence-corrected chi connectivity index (χ0v) is 20.5. The zero-order valence-electron chi connectivity index (χ0n) is 19.7. The van der Waals surface area contributed by atoms with Crippen molar-refractivity contribution in [2.24, 2.45) is 4.99 Å². The molecule has 0 unspecified atom stereocenters. The van der Waals surface area contributed by atoms with Crippen LogP contribution in [-0.2, 0) is 9.59 Å². The van der Waals surface area contributed by atoms with Crippen LogP contribution in [0.5, 0.6) is 11.5 Å². The number of ether oxygens (including phenoxy) is 2. The number of anilines is 1. The van der Waals surface area contributed by atoms with Crippen molar-refractivity contribution in [2.75, 3.05) is 25.6 Å². The fourth-order valence-electron chi connectivity index (χ4n) is 3.40. The van der Waals surface area contributed by atoms with Crippen molar-refractivity contribution in [1.29, 1.82) is 0 Å². The average Bonchev–Trinajstić information content (AvgIpc) is 3.18. The number of hydrogen-bond acceptors (Lipinski definition) is 6. The molecule has 0 atom stereocenters. The molecule has 0 bridgehead atoms.